The summed E-state index contributed by atoms with van der Waals surface area (Å²) in [5.74, 6) is 0.176. The quantitative estimate of drug-likeness (QED) is 0.710. The third-order valence-electron chi connectivity index (χ3n) is 4.44. The maximum absolute atomic E-state index is 12.5. The van der Waals surface area contributed by atoms with E-state index in [-0.39, 0.29) is 11.2 Å². The van der Waals surface area contributed by atoms with Crippen LogP contribution in [0, 0.1) is 5.41 Å². The Bertz CT molecular complexity index is 557. The van der Waals surface area contributed by atoms with Crippen LogP contribution in [0.1, 0.15) is 40.2 Å². The second kappa shape index (κ2) is 4.24. The number of hydrogen-bond donors (Lipinski definition) is 0. The van der Waals surface area contributed by atoms with Crippen molar-refractivity contribution in [2.24, 2.45) is 5.41 Å². The number of Topliss-reactive ketones (excluding diaryl/α,β-unsaturated/α-hetero) is 1. The van der Waals surface area contributed by atoms with Crippen molar-refractivity contribution in [3.8, 4) is 0 Å². The molecule has 0 heterocycles. The zero-order valence-electron chi connectivity index (χ0n) is 11.8. The molecule has 0 radical (unpaired) electrons. The molecule has 0 saturated heterocycles. The van der Waals surface area contributed by atoms with Crippen LogP contribution in [0.25, 0.3) is 5.57 Å². The fourth-order valence-corrected chi connectivity index (χ4v) is 2.54. The first-order valence-electron chi connectivity index (χ1n) is 6.36. The molecule has 0 fully saturated rings. The fraction of sp³-hybridized carbons (Fsp3) is 0.353. The van der Waals surface area contributed by atoms with E-state index in [0.29, 0.717) is 0 Å². The maximum atomic E-state index is 12.5. The van der Waals surface area contributed by atoms with Crippen molar-refractivity contribution < 1.29 is 4.79 Å². The van der Waals surface area contributed by atoms with Gasteiger partial charge in [-0.2, -0.15) is 0 Å². The lowest BCUT2D eigenvalue weighted by molar-refractivity contribution is -0.110. The van der Waals surface area contributed by atoms with Crippen molar-refractivity contribution in [2.45, 2.75) is 34.6 Å². The van der Waals surface area contributed by atoms with E-state index in [1.807, 2.05) is 37.3 Å². The van der Waals surface area contributed by atoms with Gasteiger partial charge in [0.1, 0.15) is 0 Å². The lowest BCUT2D eigenvalue weighted by Gasteiger charge is -2.35. The lowest BCUT2D eigenvalue weighted by atomic mass is 9.68. The molecule has 0 bridgehead atoms. The molecule has 1 aliphatic rings. The third kappa shape index (κ3) is 1.74. The Balaban J connectivity index is 2.68. The first-order chi connectivity index (χ1) is 8.37. The number of ketones is 1. The Morgan fingerprint density at radius 2 is 1.44 bits per heavy atom. The van der Waals surface area contributed by atoms with Gasteiger partial charge in [0.2, 0.25) is 0 Å². The number of allylic oxidation sites excluding steroid dienone is 4. The highest BCUT2D eigenvalue weighted by Crippen LogP contribution is 2.45. The van der Waals surface area contributed by atoms with Gasteiger partial charge in [0.15, 0.2) is 5.78 Å². The summed E-state index contributed by atoms with van der Waals surface area (Å²) in [7, 11) is 0. The van der Waals surface area contributed by atoms with Gasteiger partial charge in [-0.15, -0.1) is 0 Å². The zero-order valence-corrected chi connectivity index (χ0v) is 11.8. The second-order valence-electron chi connectivity index (χ2n) is 5.57. The van der Waals surface area contributed by atoms with Crippen molar-refractivity contribution in [3.05, 3.63) is 52.6 Å². The number of benzene rings is 1. The van der Waals surface area contributed by atoms with Gasteiger partial charge in [-0.25, -0.2) is 0 Å². The van der Waals surface area contributed by atoms with Crippen LogP contribution in [0.3, 0.4) is 0 Å². The first kappa shape index (κ1) is 12.8. The van der Waals surface area contributed by atoms with Gasteiger partial charge in [0, 0.05) is 11.0 Å². The molecule has 0 amide bonds. The molecular weight excluding hydrogens is 220 g/mol. The third-order valence-corrected chi connectivity index (χ3v) is 4.44. The van der Waals surface area contributed by atoms with Gasteiger partial charge < -0.3 is 0 Å². The average molecular weight is 240 g/mol. The van der Waals surface area contributed by atoms with Gasteiger partial charge in [-0.05, 0) is 31.9 Å². The summed E-state index contributed by atoms with van der Waals surface area (Å²) in [5.41, 5.74) is 5.11. The summed E-state index contributed by atoms with van der Waals surface area (Å²) in [6.45, 7) is 10.5. The Morgan fingerprint density at radius 3 is 2.00 bits per heavy atom. The molecule has 0 saturated carbocycles. The predicted molar refractivity (Wildman–Crippen MR) is 76.2 cm³/mol. The Labute approximate surface area is 109 Å². The average Bonchev–Trinajstić information content (AvgIpc) is 2.36. The van der Waals surface area contributed by atoms with Crippen LogP contribution in [0.4, 0.5) is 0 Å². The predicted octanol–water partition coefficient (Wildman–Crippen LogP) is 4.41. The molecule has 0 aliphatic heterocycles. The number of carbonyl (C=O) groups is 1. The fourth-order valence-electron chi connectivity index (χ4n) is 2.54. The molecule has 2 rings (SSSR count). The number of carbonyl (C=O) groups excluding carboxylic acids is 1. The molecule has 0 aromatic heterocycles. The van der Waals surface area contributed by atoms with E-state index < -0.39 is 0 Å². The standard InChI is InChI=1S/C17H20O/c1-11-12(2)17(4,5)13(3)15(16(11)18)14-9-7-6-8-10-14/h6-10H,1-5H3. The molecule has 0 unspecified atom stereocenters. The van der Waals surface area contributed by atoms with E-state index >= 15 is 0 Å². The molecule has 1 heteroatoms. The van der Waals surface area contributed by atoms with Gasteiger partial charge in [0.05, 0.1) is 0 Å². The number of hydrogen-bond acceptors (Lipinski definition) is 1. The molecule has 0 atom stereocenters. The topological polar surface area (TPSA) is 17.1 Å². The molecule has 1 aromatic carbocycles. The lowest BCUT2D eigenvalue weighted by Crippen LogP contribution is -2.26. The van der Waals surface area contributed by atoms with Crippen LogP contribution in [0.5, 0.6) is 0 Å². The smallest absolute Gasteiger partial charge is 0.189 e. The molecule has 1 nitrogen and oxygen atoms in total. The van der Waals surface area contributed by atoms with E-state index in [2.05, 4.69) is 27.7 Å². The summed E-state index contributed by atoms with van der Waals surface area (Å²) in [6, 6.07) is 9.97. The largest absolute Gasteiger partial charge is 0.289 e. The summed E-state index contributed by atoms with van der Waals surface area (Å²) in [5, 5.41) is 0. The van der Waals surface area contributed by atoms with Gasteiger partial charge >= 0.3 is 0 Å². The highest BCUT2D eigenvalue weighted by atomic mass is 16.1. The molecule has 0 N–H and O–H groups in total. The van der Waals surface area contributed by atoms with Gasteiger partial charge in [-0.3, -0.25) is 4.79 Å². The summed E-state index contributed by atoms with van der Waals surface area (Å²) in [4.78, 5) is 12.5. The van der Waals surface area contributed by atoms with Crippen molar-refractivity contribution in [2.75, 3.05) is 0 Å². The Hall–Kier alpha value is -1.63. The minimum atomic E-state index is -0.0385. The molecule has 1 aliphatic carbocycles. The van der Waals surface area contributed by atoms with Crippen LogP contribution in [0.15, 0.2) is 47.1 Å². The molecule has 0 spiro atoms. The van der Waals surface area contributed by atoms with Gasteiger partial charge in [0.25, 0.3) is 0 Å². The van der Waals surface area contributed by atoms with E-state index in [0.717, 1.165) is 16.7 Å². The number of rotatable bonds is 1. The monoisotopic (exact) mass is 240 g/mol. The van der Waals surface area contributed by atoms with Crippen LogP contribution in [-0.4, -0.2) is 5.78 Å². The maximum Gasteiger partial charge on any atom is 0.189 e. The van der Waals surface area contributed by atoms with E-state index in [1.54, 1.807) is 0 Å². The SMILES string of the molecule is CC1=C(C)C(C)(C)C(C)=C(c2ccccc2)C1=O. The van der Waals surface area contributed by atoms with Crippen molar-refractivity contribution in [3.63, 3.8) is 0 Å². The highest BCUT2D eigenvalue weighted by molar-refractivity contribution is 6.30. The van der Waals surface area contributed by atoms with Crippen molar-refractivity contribution in [1.29, 1.82) is 0 Å². The molecule has 1 aromatic rings. The van der Waals surface area contributed by atoms with E-state index in [4.69, 9.17) is 0 Å². The first-order valence-corrected chi connectivity index (χ1v) is 6.36. The van der Waals surface area contributed by atoms with Crippen molar-refractivity contribution in [1.82, 2.24) is 0 Å². The summed E-state index contributed by atoms with van der Waals surface area (Å²) < 4.78 is 0. The summed E-state index contributed by atoms with van der Waals surface area (Å²) >= 11 is 0. The van der Waals surface area contributed by atoms with Crippen LogP contribution >= 0.6 is 0 Å². The zero-order chi connectivity index (χ0) is 13.5. The van der Waals surface area contributed by atoms with Gasteiger partial charge in [-0.1, -0.05) is 55.3 Å². The Morgan fingerprint density at radius 1 is 0.889 bits per heavy atom. The normalized spacial score (nSPS) is 19.5. The van der Waals surface area contributed by atoms with Crippen LogP contribution in [-0.2, 0) is 4.79 Å². The van der Waals surface area contributed by atoms with Crippen LogP contribution < -0.4 is 0 Å². The molecule has 94 valence electrons. The highest BCUT2D eigenvalue weighted by Gasteiger charge is 2.35. The minimum absolute atomic E-state index is 0.0385. The molecule has 18 heavy (non-hydrogen) atoms. The van der Waals surface area contributed by atoms with Crippen molar-refractivity contribution >= 4 is 11.4 Å². The second-order valence-corrected chi connectivity index (χ2v) is 5.57. The molecular formula is C17H20O. The van der Waals surface area contributed by atoms with E-state index in [1.165, 1.54) is 11.1 Å². The minimum Gasteiger partial charge on any atom is -0.289 e. The summed E-state index contributed by atoms with van der Waals surface area (Å²) in [6.07, 6.45) is 0. The van der Waals surface area contributed by atoms with E-state index in [9.17, 15) is 4.79 Å². The Kier molecular flexibility index (Phi) is 3.02. The van der Waals surface area contributed by atoms with Crippen LogP contribution in [0.2, 0.25) is 0 Å².